The van der Waals surface area contributed by atoms with Gasteiger partial charge in [0.2, 0.25) is 0 Å². The first kappa shape index (κ1) is 24.2. The number of fused-ring (bicyclic) bond motifs is 2. The van der Waals surface area contributed by atoms with Crippen molar-refractivity contribution in [1.82, 2.24) is 4.98 Å². The number of allylic oxidation sites excluding steroid dienone is 1. The average molecular weight is 520 g/mol. The van der Waals surface area contributed by atoms with Gasteiger partial charge in [0.05, 0.1) is 23.9 Å². The van der Waals surface area contributed by atoms with Crippen LogP contribution >= 0.6 is 23.2 Å². The van der Waals surface area contributed by atoms with Crippen LogP contribution in [0.3, 0.4) is 0 Å². The van der Waals surface area contributed by atoms with E-state index in [1.165, 1.54) is 0 Å². The molecule has 0 radical (unpaired) electrons. The summed E-state index contributed by atoms with van der Waals surface area (Å²) in [5.74, 6) is 0.255. The molecular weight excluding hydrogens is 497 g/mol. The number of ether oxygens (including phenoxy) is 2. The maximum Gasteiger partial charge on any atom is 0.336 e. The van der Waals surface area contributed by atoms with E-state index in [2.05, 4.69) is 0 Å². The molecule has 0 atom stereocenters. The van der Waals surface area contributed by atoms with Crippen molar-refractivity contribution < 1.29 is 19.4 Å². The highest BCUT2D eigenvalue weighted by atomic mass is 35.5. The third kappa shape index (κ3) is 4.77. The Labute approximate surface area is 218 Å². The summed E-state index contributed by atoms with van der Waals surface area (Å²) < 4.78 is 11.6. The average Bonchev–Trinajstić information content (AvgIpc) is 2.87. The van der Waals surface area contributed by atoms with Crippen LogP contribution in [0, 0.1) is 0 Å². The molecule has 1 heterocycles. The van der Waals surface area contributed by atoms with Crippen molar-refractivity contribution >= 4 is 51.7 Å². The summed E-state index contributed by atoms with van der Waals surface area (Å²) >= 11 is 12.2. The van der Waals surface area contributed by atoms with Crippen molar-refractivity contribution in [2.45, 2.75) is 25.9 Å². The third-order valence-electron chi connectivity index (χ3n) is 6.31. The van der Waals surface area contributed by atoms with Gasteiger partial charge >= 0.3 is 5.97 Å². The number of aromatic nitrogens is 1. The number of carboxylic acids is 1. The number of carboxylic acid groups (broad SMARTS) is 1. The molecule has 0 saturated heterocycles. The van der Waals surface area contributed by atoms with E-state index in [0.717, 1.165) is 40.8 Å². The van der Waals surface area contributed by atoms with Gasteiger partial charge in [0.1, 0.15) is 6.61 Å². The van der Waals surface area contributed by atoms with Crippen LogP contribution in [0.5, 0.6) is 11.5 Å². The zero-order valence-electron chi connectivity index (χ0n) is 19.6. The molecule has 1 aromatic heterocycles. The number of aromatic carboxylic acids is 1. The molecule has 0 fully saturated rings. The lowest BCUT2D eigenvalue weighted by molar-refractivity contribution is 0.0697. The van der Waals surface area contributed by atoms with Crippen LogP contribution in [0.2, 0.25) is 10.0 Å². The summed E-state index contributed by atoms with van der Waals surface area (Å²) in [7, 11) is 1.59. The number of methoxy groups -OCH3 is 1. The van der Waals surface area contributed by atoms with Crippen molar-refractivity contribution in [2.75, 3.05) is 7.11 Å². The molecule has 0 amide bonds. The minimum atomic E-state index is -0.921. The first-order valence-corrected chi connectivity index (χ1v) is 12.3. The number of nitrogens with zero attached hydrogens (tertiary/aromatic N) is 1. The second-order valence-electron chi connectivity index (χ2n) is 8.59. The number of carbonyl (C=O) groups is 1. The van der Waals surface area contributed by atoms with E-state index in [1.54, 1.807) is 19.2 Å². The van der Waals surface area contributed by atoms with E-state index < -0.39 is 5.97 Å². The van der Waals surface area contributed by atoms with Gasteiger partial charge in [-0.05, 0) is 72.4 Å². The van der Waals surface area contributed by atoms with Gasteiger partial charge in [-0.25, -0.2) is 9.78 Å². The SMILES string of the molecule is COc1cc(/C=C2\CCCc3c2nc2ccccc2c3C(=O)O)ccc1OCc1ccc(Cl)cc1Cl. The molecular formula is C29H23Cl2NO4. The van der Waals surface area contributed by atoms with E-state index in [0.29, 0.717) is 44.4 Å². The smallest absolute Gasteiger partial charge is 0.336 e. The van der Waals surface area contributed by atoms with Crippen molar-refractivity contribution in [3.63, 3.8) is 0 Å². The zero-order chi connectivity index (χ0) is 25.2. The van der Waals surface area contributed by atoms with Crippen molar-refractivity contribution in [1.29, 1.82) is 0 Å². The van der Waals surface area contributed by atoms with Gasteiger partial charge in [-0.2, -0.15) is 0 Å². The number of para-hydroxylation sites is 1. The van der Waals surface area contributed by atoms with Gasteiger partial charge in [-0.3, -0.25) is 0 Å². The van der Waals surface area contributed by atoms with E-state index in [9.17, 15) is 9.90 Å². The monoisotopic (exact) mass is 519 g/mol. The van der Waals surface area contributed by atoms with Crippen LogP contribution in [0.15, 0.2) is 60.7 Å². The number of rotatable bonds is 6. The van der Waals surface area contributed by atoms with Crippen molar-refractivity contribution in [3.8, 4) is 11.5 Å². The summed E-state index contributed by atoms with van der Waals surface area (Å²) in [6, 6.07) is 18.4. The summed E-state index contributed by atoms with van der Waals surface area (Å²) in [5.41, 5.74) is 5.33. The van der Waals surface area contributed by atoms with Gasteiger partial charge in [0.25, 0.3) is 0 Å². The highest BCUT2D eigenvalue weighted by molar-refractivity contribution is 6.35. The first-order valence-electron chi connectivity index (χ1n) is 11.5. The lowest BCUT2D eigenvalue weighted by Gasteiger charge is -2.21. The van der Waals surface area contributed by atoms with E-state index in [1.807, 2.05) is 54.6 Å². The summed E-state index contributed by atoms with van der Waals surface area (Å²) in [6.45, 7) is 0.273. The molecule has 1 aliphatic carbocycles. The lowest BCUT2D eigenvalue weighted by atomic mass is 9.86. The fourth-order valence-electron chi connectivity index (χ4n) is 4.61. The highest BCUT2D eigenvalue weighted by Crippen LogP contribution is 2.37. The predicted octanol–water partition coefficient (Wildman–Crippen LogP) is 7.70. The van der Waals surface area contributed by atoms with Gasteiger partial charge in [0, 0.05) is 21.0 Å². The van der Waals surface area contributed by atoms with Crippen LogP contribution in [0.1, 0.15) is 45.6 Å². The third-order valence-corrected chi connectivity index (χ3v) is 6.90. The Hall–Kier alpha value is -3.54. The molecule has 5 rings (SSSR count). The standard InChI is InChI=1S/C29H23Cl2NO4/c1-35-26-14-17(9-12-25(26)36-16-19-10-11-20(30)15-23(19)31)13-18-5-4-7-22-27(29(33)34)21-6-2-3-8-24(21)32-28(18)22/h2-3,6,8-15H,4-5,7,16H2,1H3,(H,33,34)/b18-13+. The number of hydrogen-bond acceptors (Lipinski definition) is 4. The Bertz CT molecular complexity index is 1510. The number of hydrogen-bond donors (Lipinski definition) is 1. The minimum Gasteiger partial charge on any atom is -0.493 e. The molecule has 0 spiro atoms. The van der Waals surface area contributed by atoms with E-state index in [-0.39, 0.29) is 6.61 Å². The normalized spacial score (nSPS) is 14.0. The molecule has 3 aromatic carbocycles. The van der Waals surface area contributed by atoms with Crippen LogP contribution in [0.4, 0.5) is 0 Å². The second kappa shape index (κ2) is 10.2. The van der Waals surface area contributed by atoms with Gasteiger partial charge in [-0.15, -0.1) is 0 Å². The molecule has 0 saturated carbocycles. The highest BCUT2D eigenvalue weighted by Gasteiger charge is 2.24. The molecule has 1 N–H and O–H groups in total. The lowest BCUT2D eigenvalue weighted by Crippen LogP contribution is -2.13. The predicted molar refractivity (Wildman–Crippen MR) is 143 cm³/mol. The maximum absolute atomic E-state index is 12.2. The second-order valence-corrected chi connectivity index (χ2v) is 9.44. The minimum absolute atomic E-state index is 0.273. The summed E-state index contributed by atoms with van der Waals surface area (Å²) in [6.07, 6.45) is 4.41. The Kier molecular flexibility index (Phi) is 6.86. The largest absolute Gasteiger partial charge is 0.493 e. The quantitative estimate of drug-likeness (QED) is 0.282. The van der Waals surface area contributed by atoms with Crippen LogP contribution in [-0.2, 0) is 13.0 Å². The molecule has 36 heavy (non-hydrogen) atoms. The van der Waals surface area contributed by atoms with Crippen LogP contribution in [0.25, 0.3) is 22.6 Å². The van der Waals surface area contributed by atoms with Crippen molar-refractivity contribution in [3.05, 3.63) is 98.7 Å². The van der Waals surface area contributed by atoms with Crippen LogP contribution in [-0.4, -0.2) is 23.2 Å². The van der Waals surface area contributed by atoms with Gasteiger partial charge in [-0.1, -0.05) is 53.5 Å². The van der Waals surface area contributed by atoms with Crippen LogP contribution < -0.4 is 9.47 Å². The molecule has 0 bridgehead atoms. The Morgan fingerprint density at radius 3 is 2.67 bits per heavy atom. The molecule has 0 unspecified atom stereocenters. The van der Waals surface area contributed by atoms with Crippen molar-refractivity contribution in [2.24, 2.45) is 0 Å². The Morgan fingerprint density at radius 2 is 1.89 bits per heavy atom. The summed E-state index contributed by atoms with van der Waals surface area (Å²) in [5, 5.41) is 11.8. The summed E-state index contributed by atoms with van der Waals surface area (Å²) in [4.78, 5) is 17.0. The fraction of sp³-hybridized carbons (Fsp3) is 0.172. The zero-order valence-corrected chi connectivity index (χ0v) is 21.1. The fourth-order valence-corrected chi connectivity index (χ4v) is 5.07. The van der Waals surface area contributed by atoms with Gasteiger partial charge in [0.15, 0.2) is 11.5 Å². The molecule has 7 heteroatoms. The topological polar surface area (TPSA) is 68.7 Å². The van der Waals surface area contributed by atoms with Gasteiger partial charge < -0.3 is 14.6 Å². The number of pyridine rings is 1. The molecule has 0 aliphatic heterocycles. The Morgan fingerprint density at radius 1 is 1.06 bits per heavy atom. The molecule has 182 valence electrons. The maximum atomic E-state index is 12.2. The Balaban J connectivity index is 1.48. The number of halogens is 2. The molecule has 1 aliphatic rings. The molecule has 4 aromatic rings. The molecule has 5 nitrogen and oxygen atoms in total. The number of benzene rings is 3. The van der Waals surface area contributed by atoms with E-state index >= 15 is 0 Å². The van der Waals surface area contributed by atoms with E-state index in [4.69, 9.17) is 37.7 Å². The first-order chi connectivity index (χ1) is 17.4.